The normalized spacial score (nSPS) is 21.5. The van der Waals surface area contributed by atoms with Crippen molar-refractivity contribution in [2.24, 2.45) is 22.9 Å². The summed E-state index contributed by atoms with van der Waals surface area (Å²) < 4.78 is 21.4. The van der Waals surface area contributed by atoms with Crippen molar-refractivity contribution >= 4 is 28.7 Å². The number of amides is 1. The van der Waals surface area contributed by atoms with E-state index in [1.165, 1.54) is 0 Å². The number of ether oxygens (including phenoxy) is 3. The zero-order chi connectivity index (χ0) is 49.2. The first-order valence-electron chi connectivity index (χ1n) is 24.6. The van der Waals surface area contributed by atoms with Crippen LogP contribution in [0.15, 0.2) is 169 Å². The van der Waals surface area contributed by atoms with Crippen LogP contribution in [0.3, 0.4) is 0 Å². The molecule has 3 aliphatic rings. The summed E-state index contributed by atoms with van der Waals surface area (Å²) in [5.41, 5.74) is 5.66. The lowest BCUT2D eigenvalue weighted by Gasteiger charge is -2.60. The maximum absolute atomic E-state index is 15.7. The van der Waals surface area contributed by atoms with E-state index < -0.39 is 17.7 Å². The van der Waals surface area contributed by atoms with Gasteiger partial charge in [-0.15, -0.1) is 6.58 Å². The molecule has 0 spiro atoms. The molecule has 6 aromatic carbocycles. The molecule has 6 atom stereocenters. The van der Waals surface area contributed by atoms with Gasteiger partial charge in [-0.25, -0.2) is 0 Å². The first-order valence-corrected chi connectivity index (χ1v) is 24.6. The SMILES string of the molecule is C=CCOC12Oc3ccc(Oc4cccc(C=O)c4)cc3C3C(CCCCO)C(CCCCO)C=C(C(=NOCc4ccccc4)CC1N(Cc1cccc4ccccc14)C(=O)c1ccc(C#N)cc1)C32. The van der Waals surface area contributed by atoms with Crippen molar-refractivity contribution in [1.29, 1.82) is 5.26 Å². The van der Waals surface area contributed by atoms with Crippen molar-refractivity contribution in [3.05, 3.63) is 197 Å². The fraction of sp³-hybridized carbons (Fsp3) is 0.300. The molecule has 1 amide bonds. The number of nitriles is 1. The minimum atomic E-state index is -1.53. The van der Waals surface area contributed by atoms with Crippen LogP contribution in [0, 0.1) is 29.1 Å². The molecular weight excluding hydrogens is 891 g/mol. The number of fused-ring (bicyclic) bond motifs is 3. The van der Waals surface area contributed by atoms with E-state index in [0.29, 0.717) is 52.5 Å². The van der Waals surface area contributed by atoms with E-state index in [9.17, 15) is 20.3 Å². The average Bonchev–Trinajstić information content (AvgIpc) is 3.41. The number of aldehydes is 1. The molecule has 9 rings (SSSR count). The zero-order valence-corrected chi connectivity index (χ0v) is 39.8. The quantitative estimate of drug-likeness (QED) is 0.0311. The summed E-state index contributed by atoms with van der Waals surface area (Å²) >= 11 is 0. The summed E-state index contributed by atoms with van der Waals surface area (Å²) in [7, 11) is 0. The van der Waals surface area contributed by atoms with Crippen LogP contribution in [0.4, 0.5) is 0 Å². The molecule has 0 radical (unpaired) electrons. The second-order valence-corrected chi connectivity index (χ2v) is 18.6. The number of rotatable bonds is 21. The highest BCUT2D eigenvalue weighted by atomic mass is 16.7. The minimum Gasteiger partial charge on any atom is -0.459 e. The van der Waals surface area contributed by atoms with Gasteiger partial charge in [-0.1, -0.05) is 115 Å². The highest BCUT2D eigenvalue weighted by molar-refractivity contribution is 6.03. The van der Waals surface area contributed by atoms with Crippen LogP contribution >= 0.6 is 0 Å². The number of hydrogen-bond donors (Lipinski definition) is 2. The molecule has 2 aliphatic carbocycles. The van der Waals surface area contributed by atoms with Gasteiger partial charge >= 0.3 is 0 Å². The smallest absolute Gasteiger partial charge is 0.254 e. The molecule has 1 aliphatic heterocycles. The van der Waals surface area contributed by atoms with Gasteiger partial charge in [0.25, 0.3) is 5.91 Å². The summed E-state index contributed by atoms with van der Waals surface area (Å²) in [6.07, 6.45) is 9.35. The fourth-order valence-electron chi connectivity index (χ4n) is 11.0. The number of allylic oxidation sites excluding steroid dienone is 1. The number of carbonyl (C=O) groups excluding carboxylic acids is 2. The van der Waals surface area contributed by atoms with Crippen LogP contribution < -0.4 is 9.47 Å². The van der Waals surface area contributed by atoms with Crippen LogP contribution in [0.25, 0.3) is 10.8 Å². The van der Waals surface area contributed by atoms with Crippen molar-refractivity contribution in [2.45, 2.75) is 75.8 Å². The molecule has 11 heteroatoms. The molecular formula is C60H59N3O8. The molecule has 6 aromatic rings. The molecule has 0 bridgehead atoms. The molecule has 1 saturated carbocycles. The number of carbonyl (C=O) groups is 2. The Labute approximate surface area is 415 Å². The van der Waals surface area contributed by atoms with Gasteiger partial charge in [0.2, 0.25) is 5.79 Å². The molecule has 362 valence electrons. The van der Waals surface area contributed by atoms with E-state index in [4.69, 9.17) is 24.2 Å². The number of aliphatic hydroxyl groups is 2. The Morgan fingerprint density at radius 1 is 0.859 bits per heavy atom. The predicted molar refractivity (Wildman–Crippen MR) is 273 cm³/mol. The van der Waals surface area contributed by atoms with Crippen LogP contribution in [-0.2, 0) is 22.7 Å². The van der Waals surface area contributed by atoms with E-state index in [0.717, 1.165) is 65.0 Å². The molecule has 1 fully saturated rings. The molecule has 71 heavy (non-hydrogen) atoms. The van der Waals surface area contributed by atoms with E-state index in [2.05, 4.69) is 36.9 Å². The minimum absolute atomic E-state index is 0.0105. The van der Waals surface area contributed by atoms with Gasteiger partial charge in [-0.3, -0.25) is 9.59 Å². The summed E-state index contributed by atoms with van der Waals surface area (Å²) in [4.78, 5) is 35.7. The highest BCUT2D eigenvalue weighted by Crippen LogP contribution is 2.62. The predicted octanol–water partition coefficient (Wildman–Crippen LogP) is 11.5. The topological polar surface area (TPSA) is 151 Å². The van der Waals surface area contributed by atoms with Crippen molar-refractivity contribution in [3.8, 4) is 23.3 Å². The number of unbranched alkanes of at least 4 members (excludes halogenated alkanes) is 2. The van der Waals surface area contributed by atoms with Gasteiger partial charge < -0.3 is 34.2 Å². The second-order valence-electron chi connectivity index (χ2n) is 18.6. The molecule has 6 unspecified atom stereocenters. The van der Waals surface area contributed by atoms with Crippen LogP contribution in [0.5, 0.6) is 17.2 Å². The summed E-state index contributed by atoms with van der Waals surface area (Å²) in [5.74, 6) is -1.07. The van der Waals surface area contributed by atoms with Gasteiger partial charge in [-0.2, -0.15) is 5.26 Å². The third kappa shape index (κ3) is 10.4. The Kier molecular flexibility index (Phi) is 15.5. The summed E-state index contributed by atoms with van der Waals surface area (Å²) in [5, 5.41) is 37.0. The lowest BCUT2D eigenvalue weighted by atomic mass is 9.55. The Bertz CT molecular complexity index is 2940. The van der Waals surface area contributed by atoms with E-state index in [1.54, 1.807) is 48.5 Å². The van der Waals surface area contributed by atoms with Crippen LogP contribution in [-0.4, -0.2) is 64.7 Å². The van der Waals surface area contributed by atoms with Gasteiger partial charge in [0.15, 0.2) is 0 Å². The van der Waals surface area contributed by atoms with Gasteiger partial charge in [-0.05, 0) is 120 Å². The Morgan fingerprint density at radius 2 is 1.61 bits per heavy atom. The molecule has 11 nitrogen and oxygen atoms in total. The Balaban J connectivity index is 1.28. The molecule has 0 aromatic heterocycles. The maximum atomic E-state index is 15.7. The van der Waals surface area contributed by atoms with Gasteiger partial charge in [0.05, 0.1) is 29.9 Å². The van der Waals surface area contributed by atoms with E-state index in [-0.39, 0.29) is 63.1 Å². The molecule has 1 heterocycles. The lowest BCUT2D eigenvalue weighted by molar-refractivity contribution is -0.255. The van der Waals surface area contributed by atoms with Gasteiger partial charge in [0.1, 0.15) is 36.2 Å². The Hall–Kier alpha value is -7.36. The number of aliphatic hydroxyl groups excluding tert-OH is 2. The summed E-state index contributed by atoms with van der Waals surface area (Å²) in [6.45, 7) is 4.72. The third-order valence-corrected chi connectivity index (χ3v) is 14.2. The summed E-state index contributed by atoms with van der Waals surface area (Å²) in [6, 6.07) is 45.0. The molecule has 2 N–H and O–H groups in total. The van der Waals surface area contributed by atoms with Crippen molar-refractivity contribution in [1.82, 2.24) is 4.90 Å². The van der Waals surface area contributed by atoms with Crippen LogP contribution in [0.2, 0.25) is 0 Å². The lowest BCUT2D eigenvalue weighted by Crippen LogP contribution is -2.70. The second kappa shape index (κ2) is 22.6. The highest BCUT2D eigenvalue weighted by Gasteiger charge is 2.65. The third-order valence-electron chi connectivity index (χ3n) is 14.2. The maximum Gasteiger partial charge on any atom is 0.254 e. The first kappa shape index (κ1) is 48.7. The first-order chi connectivity index (χ1) is 34.9. The standard InChI is InChI=1S/C60H59N3O8/c1-2-32-68-60-56(63(59(67)45-26-24-41(37-61)25-27-45)38-47-20-13-19-44-17-6-7-22-50(44)47)36-54(62-69-40-42-14-4-3-5-15-42)52-34-46(18-8-10-30-64)51(23-9-11-31-65)57(58(52)60)53-35-49(28-29-55(53)71-60)70-48-21-12-16-43(33-48)39-66/h2-7,12-17,19-22,24-29,33-35,39,46,51,56-58,64-65H,1,8-11,18,23,30-32,36,38,40H2. The number of benzene rings is 6. The van der Waals surface area contributed by atoms with E-state index in [1.807, 2.05) is 83.8 Å². The molecule has 0 saturated heterocycles. The largest absolute Gasteiger partial charge is 0.459 e. The van der Waals surface area contributed by atoms with Gasteiger partial charge in [0, 0.05) is 48.8 Å². The van der Waals surface area contributed by atoms with E-state index >= 15 is 4.79 Å². The average molecular weight is 950 g/mol. The zero-order valence-electron chi connectivity index (χ0n) is 39.8. The number of oxime groups is 1. The van der Waals surface area contributed by atoms with Crippen molar-refractivity contribution < 1.29 is 38.9 Å². The van der Waals surface area contributed by atoms with Crippen molar-refractivity contribution in [3.63, 3.8) is 0 Å². The number of hydrogen-bond acceptors (Lipinski definition) is 10. The Morgan fingerprint density at radius 3 is 2.38 bits per heavy atom. The van der Waals surface area contributed by atoms with Crippen molar-refractivity contribution in [2.75, 3.05) is 19.8 Å². The monoisotopic (exact) mass is 949 g/mol. The number of nitrogens with zero attached hydrogens (tertiary/aromatic N) is 3. The fourth-order valence-corrected chi connectivity index (χ4v) is 11.0. The van der Waals surface area contributed by atoms with Crippen LogP contribution in [0.1, 0.15) is 93.8 Å².